The molecule has 3 rings (SSSR count). The maximum atomic E-state index is 12.1. The summed E-state index contributed by atoms with van der Waals surface area (Å²) in [4.78, 5) is 19.0. The molecule has 0 saturated carbocycles. The standard InChI is InChI=1S/C15H19N3O2/c1-11-3-2-5-18-14(20)7-13(16-15(11)18)9-17-6-4-12(8-17)10-19/h2-3,5,7,12,19H,4,6,8-10H2,1H3. The summed E-state index contributed by atoms with van der Waals surface area (Å²) in [7, 11) is 0. The summed E-state index contributed by atoms with van der Waals surface area (Å²) in [6, 6.07) is 5.43. The molecule has 0 radical (unpaired) electrons. The normalized spacial score (nSPS) is 19.8. The lowest BCUT2D eigenvalue weighted by Crippen LogP contribution is -2.24. The zero-order valence-electron chi connectivity index (χ0n) is 11.6. The van der Waals surface area contributed by atoms with Gasteiger partial charge >= 0.3 is 0 Å². The van der Waals surface area contributed by atoms with E-state index in [4.69, 9.17) is 0 Å². The number of aliphatic hydroxyl groups excluding tert-OH is 1. The van der Waals surface area contributed by atoms with Crippen LogP contribution in [0.2, 0.25) is 0 Å². The molecule has 3 heterocycles. The van der Waals surface area contributed by atoms with Gasteiger partial charge in [-0.05, 0) is 37.4 Å². The molecule has 2 aromatic heterocycles. The number of aryl methyl sites for hydroxylation is 1. The van der Waals surface area contributed by atoms with Crippen LogP contribution in [0.1, 0.15) is 17.7 Å². The van der Waals surface area contributed by atoms with Crippen LogP contribution in [0.15, 0.2) is 29.2 Å². The molecule has 0 spiro atoms. The summed E-state index contributed by atoms with van der Waals surface area (Å²) in [5.74, 6) is 0.360. The quantitative estimate of drug-likeness (QED) is 0.899. The summed E-state index contributed by atoms with van der Waals surface area (Å²) >= 11 is 0. The Morgan fingerprint density at radius 3 is 3.10 bits per heavy atom. The SMILES string of the molecule is Cc1cccn2c(=O)cc(CN3CCC(CO)C3)nc12. The fourth-order valence-electron chi connectivity index (χ4n) is 2.82. The second kappa shape index (κ2) is 5.34. The minimum Gasteiger partial charge on any atom is -0.396 e. The molecule has 5 heteroatoms. The lowest BCUT2D eigenvalue weighted by Gasteiger charge is -2.15. The molecule has 0 amide bonds. The van der Waals surface area contributed by atoms with E-state index in [1.54, 1.807) is 16.7 Å². The van der Waals surface area contributed by atoms with Gasteiger partial charge in [0.1, 0.15) is 5.65 Å². The van der Waals surface area contributed by atoms with Crippen molar-refractivity contribution in [2.24, 2.45) is 5.92 Å². The molecule has 1 fully saturated rings. The van der Waals surface area contributed by atoms with Gasteiger partial charge in [-0.3, -0.25) is 14.1 Å². The van der Waals surface area contributed by atoms with Crippen molar-refractivity contribution in [2.45, 2.75) is 19.9 Å². The largest absolute Gasteiger partial charge is 0.396 e. The van der Waals surface area contributed by atoms with Gasteiger partial charge in [-0.15, -0.1) is 0 Å². The van der Waals surface area contributed by atoms with Gasteiger partial charge < -0.3 is 5.11 Å². The Morgan fingerprint density at radius 1 is 1.50 bits per heavy atom. The third-order valence-electron chi connectivity index (χ3n) is 3.95. The molecular formula is C15H19N3O2. The predicted molar refractivity (Wildman–Crippen MR) is 76.7 cm³/mol. The number of fused-ring (bicyclic) bond motifs is 1. The number of pyridine rings is 1. The number of hydrogen-bond acceptors (Lipinski definition) is 4. The molecule has 1 N–H and O–H groups in total. The molecule has 0 aliphatic carbocycles. The third-order valence-corrected chi connectivity index (χ3v) is 3.95. The van der Waals surface area contributed by atoms with Gasteiger partial charge in [0.25, 0.3) is 5.56 Å². The summed E-state index contributed by atoms with van der Waals surface area (Å²) in [6.45, 7) is 4.72. The first-order chi connectivity index (χ1) is 9.67. The highest BCUT2D eigenvalue weighted by Gasteiger charge is 2.22. The molecule has 5 nitrogen and oxygen atoms in total. The zero-order chi connectivity index (χ0) is 14.1. The Morgan fingerprint density at radius 2 is 2.35 bits per heavy atom. The predicted octanol–water partition coefficient (Wildman–Crippen LogP) is 0.817. The van der Waals surface area contributed by atoms with E-state index in [9.17, 15) is 9.90 Å². The van der Waals surface area contributed by atoms with Crippen LogP contribution in [0.4, 0.5) is 0 Å². The molecular weight excluding hydrogens is 254 g/mol. The molecule has 1 unspecified atom stereocenters. The van der Waals surface area contributed by atoms with E-state index in [1.165, 1.54) is 0 Å². The first-order valence-corrected chi connectivity index (χ1v) is 6.98. The summed E-state index contributed by atoms with van der Waals surface area (Å²) in [5, 5.41) is 9.18. The second-order valence-electron chi connectivity index (χ2n) is 5.54. The summed E-state index contributed by atoms with van der Waals surface area (Å²) < 4.78 is 1.58. The van der Waals surface area contributed by atoms with Crippen molar-refractivity contribution in [2.75, 3.05) is 19.7 Å². The third kappa shape index (κ3) is 2.46. The minimum absolute atomic E-state index is 0.0356. The summed E-state index contributed by atoms with van der Waals surface area (Å²) in [6.07, 6.45) is 2.77. The van der Waals surface area contributed by atoms with Gasteiger partial charge in [0.05, 0.1) is 5.69 Å². The number of nitrogens with zero attached hydrogens (tertiary/aromatic N) is 3. The Kier molecular flexibility index (Phi) is 3.54. The van der Waals surface area contributed by atoms with Crippen molar-refractivity contribution in [3.63, 3.8) is 0 Å². The molecule has 1 saturated heterocycles. The first-order valence-electron chi connectivity index (χ1n) is 6.98. The van der Waals surface area contributed by atoms with E-state index >= 15 is 0 Å². The van der Waals surface area contributed by atoms with E-state index in [0.29, 0.717) is 12.5 Å². The number of aromatic nitrogens is 2. The maximum absolute atomic E-state index is 12.1. The Hall–Kier alpha value is -1.72. The fourth-order valence-corrected chi connectivity index (χ4v) is 2.82. The van der Waals surface area contributed by atoms with Crippen LogP contribution < -0.4 is 5.56 Å². The van der Waals surface area contributed by atoms with E-state index in [2.05, 4.69) is 9.88 Å². The molecule has 106 valence electrons. The smallest absolute Gasteiger partial charge is 0.258 e. The molecule has 0 aromatic carbocycles. The van der Waals surface area contributed by atoms with Crippen LogP contribution >= 0.6 is 0 Å². The first kappa shape index (κ1) is 13.3. The van der Waals surface area contributed by atoms with E-state index < -0.39 is 0 Å². The molecule has 1 aliphatic heterocycles. The highest BCUT2D eigenvalue weighted by Crippen LogP contribution is 2.17. The number of aliphatic hydroxyl groups is 1. The van der Waals surface area contributed by atoms with Crippen molar-refractivity contribution >= 4 is 5.65 Å². The zero-order valence-corrected chi connectivity index (χ0v) is 11.6. The van der Waals surface area contributed by atoms with Gasteiger partial charge in [0.15, 0.2) is 0 Å². The number of likely N-dealkylation sites (tertiary alicyclic amines) is 1. The van der Waals surface area contributed by atoms with Gasteiger partial charge in [0.2, 0.25) is 0 Å². The highest BCUT2D eigenvalue weighted by molar-refractivity contribution is 5.46. The van der Waals surface area contributed by atoms with Gasteiger partial charge in [-0.25, -0.2) is 4.98 Å². The minimum atomic E-state index is -0.0356. The molecule has 2 aromatic rings. The lowest BCUT2D eigenvalue weighted by atomic mass is 10.1. The molecule has 1 aliphatic rings. The topological polar surface area (TPSA) is 57.8 Å². The van der Waals surface area contributed by atoms with Gasteiger partial charge in [0, 0.05) is 32.0 Å². The molecule has 0 bridgehead atoms. The van der Waals surface area contributed by atoms with Crippen molar-refractivity contribution in [3.8, 4) is 0 Å². The fraction of sp³-hybridized carbons (Fsp3) is 0.467. The average Bonchev–Trinajstić information content (AvgIpc) is 2.88. The maximum Gasteiger partial charge on any atom is 0.258 e. The van der Waals surface area contributed by atoms with Crippen molar-refractivity contribution in [1.82, 2.24) is 14.3 Å². The van der Waals surface area contributed by atoms with Gasteiger partial charge in [-0.2, -0.15) is 0 Å². The molecule has 20 heavy (non-hydrogen) atoms. The number of rotatable bonds is 3. The van der Waals surface area contributed by atoms with Crippen LogP contribution in [0.3, 0.4) is 0 Å². The highest BCUT2D eigenvalue weighted by atomic mass is 16.3. The van der Waals surface area contributed by atoms with Crippen LogP contribution in [0, 0.1) is 12.8 Å². The van der Waals surface area contributed by atoms with E-state index in [1.807, 2.05) is 19.1 Å². The molecule has 1 atom stereocenters. The second-order valence-corrected chi connectivity index (χ2v) is 5.54. The van der Waals surface area contributed by atoms with Crippen molar-refractivity contribution in [3.05, 3.63) is 46.0 Å². The lowest BCUT2D eigenvalue weighted by molar-refractivity contribution is 0.219. The average molecular weight is 273 g/mol. The van der Waals surface area contributed by atoms with Crippen LogP contribution in [-0.2, 0) is 6.54 Å². The Labute approximate surface area is 117 Å². The summed E-state index contributed by atoms with van der Waals surface area (Å²) in [5.41, 5.74) is 2.50. The van der Waals surface area contributed by atoms with E-state index in [0.717, 1.165) is 36.4 Å². The van der Waals surface area contributed by atoms with Crippen molar-refractivity contribution < 1.29 is 5.11 Å². The van der Waals surface area contributed by atoms with Crippen LogP contribution in [0.25, 0.3) is 5.65 Å². The van der Waals surface area contributed by atoms with Crippen LogP contribution in [-0.4, -0.2) is 39.1 Å². The Balaban J connectivity index is 1.89. The Bertz CT molecular complexity index is 680. The van der Waals surface area contributed by atoms with Gasteiger partial charge in [-0.1, -0.05) is 6.07 Å². The number of hydrogen-bond donors (Lipinski definition) is 1. The monoisotopic (exact) mass is 273 g/mol. The van der Waals surface area contributed by atoms with Crippen LogP contribution in [0.5, 0.6) is 0 Å². The van der Waals surface area contributed by atoms with E-state index in [-0.39, 0.29) is 12.2 Å². The van der Waals surface area contributed by atoms with Crippen molar-refractivity contribution in [1.29, 1.82) is 0 Å².